The predicted octanol–water partition coefficient (Wildman–Crippen LogP) is 5.07. The van der Waals surface area contributed by atoms with Crippen LogP contribution in [0.15, 0.2) is 77.7 Å². The van der Waals surface area contributed by atoms with Gasteiger partial charge in [-0.3, -0.25) is 4.79 Å². The Kier molecular flexibility index (Phi) is 6.74. The van der Waals surface area contributed by atoms with E-state index in [0.29, 0.717) is 18.4 Å². The summed E-state index contributed by atoms with van der Waals surface area (Å²) in [6.07, 6.45) is 2.18. The van der Waals surface area contributed by atoms with E-state index in [-0.39, 0.29) is 28.0 Å². The first-order valence-electron chi connectivity index (χ1n) is 10.6. The highest BCUT2D eigenvalue weighted by atomic mass is 32.2. The van der Waals surface area contributed by atoms with Crippen molar-refractivity contribution >= 4 is 15.7 Å². The first kappa shape index (κ1) is 22.9. The number of alkyl halides is 2. The molecular formula is C25H23F2NO4S. The molecule has 0 saturated carbocycles. The van der Waals surface area contributed by atoms with E-state index in [0.717, 1.165) is 17.5 Å². The monoisotopic (exact) mass is 471 g/mol. The summed E-state index contributed by atoms with van der Waals surface area (Å²) in [7, 11) is -3.62. The van der Waals surface area contributed by atoms with Crippen molar-refractivity contribution in [3.05, 3.63) is 95.1 Å². The van der Waals surface area contributed by atoms with Gasteiger partial charge in [0, 0.05) is 5.56 Å². The lowest BCUT2D eigenvalue weighted by molar-refractivity contribution is -0.0499. The topological polar surface area (TPSA) is 72.5 Å². The molecule has 1 N–H and O–H groups in total. The Morgan fingerprint density at radius 2 is 1.82 bits per heavy atom. The van der Waals surface area contributed by atoms with Gasteiger partial charge in [0.25, 0.3) is 5.91 Å². The van der Waals surface area contributed by atoms with Crippen molar-refractivity contribution in [3.63, 3.8) is 0 Å². The highest BCUT2D eigenvalue weighted by molar-refractivity contribution is 7.90. The minimum absolute atomic E-state index is 0.0804. The van der Waals surface area contributed by atoms with Gasteiger partial charge in [-0.05, 0) is 66.3 Å². The van der Waals surface area contributed by atoms with Crippen molar-refractivity contribution in [3.8, 4) is 5.75 Å². The molecule has 0 aromatic heterocycles. The Balaban J connectivity index is 1.51. The van der Waals surface area contributed by atoms with Crippen LogP contribution in [0.3, 0.4) is 0 Å². The Hall–Kier alpha value is -3.26. The van der Waals surface area contributed by atoms with Gasteiger partial charge >= 0.3 is 6.61 Å². The zero-order chi connectivity index (χ0) is 23.4. The molecule has 1 unspecified atom stereocenters. The summed E-state index contributed by atoms with van der Waals surface area (Å²) in [5.74, 6) is -0.456. The average molecular weight is 472 g/mol. The molecule has 5 nitrogen and oxygen atoms in total. The summed E-state index contributed by atoms with van der Waals surface area (Å²) in [4.78, 5) is 13.0. The fraction of sp³-hybridized carbons (Fsp3) is 0.240. The van der Waals surface area contributed by atoms with E-state index in [9.17, 15) is 22.0 Å². The number of hydrogen-bond donors (Lipinski definition) is 1. The zero-order valence-electron chi connectivity index (χ0n) is 17.7. The van der Waals surface area contributed by atoms with E-state index >= 15 is 0 Å². The lowest BCUT2D eigenvalue weighted by Crippen LogP contribution is -2.31. The third-order valence-electron chi connectivity index (χ3n) is 5.61. The normalized spacial score (nSPS) is 15.7. The smallest absolute Gasteiger partial charge is 0.387 e. The van der Waals surface area contributed by atoms with Crippen LogP contribution in [0.5, 0.6) is 5.75 Å². The van der Waals surface area contributed by atoms with Crippen LogP contribution in [0.2, 0.25) is 0 Å². The molecule has 0 fully saturated rings. The first-order chi connectivity index (χ1) is 15.8. The quantitative estimate of drug-likeness (QED) is 0.522. The molecule has 4 rings (SSSR count). The van der Waals surface area contributed by atoms with Crippen LogP contribution in [0, 0.1) is 0 Å². The molecule has 1 aliphatic carbocycles. The minimum Gasteiger partial charge on any atom is -0.435 e. The highest BCUT2D eigenvalue weighted by Crippen LogP contribution is 2.33. The number of halogens is 2. The number of ether oxygens (including phenoxy) is 1. The first-order valence-corrected chi connectivity index (χ1v) is 12.2. The maximum Gasteiger partial charge on any atom is 0.387 e. The Morgan fingerprint density at radius 3 is 2.58 bits per heavy atom. The summed E-state index contributed by atoms with van der Waals surface area (Å²) in [5.41, 5.74) is 2.61. The van der Waals surface area contributed by atoms with Gasteiger partial charge in [0.1, 0.15) is 5.75 Å². The van der Waals surface area contributed by atoms with Gasteiger partial charge < -0.3 is 10.1 Å². The Bertz CT molecular complexity index is 1250. The van der Waals surface area contributed by atoms with Gasteiger partial charge in [0.05, 0.1) is 16.7 Å². The maximum absolute atomic E-state index is 12.9. The largest absolute Gasteiger partial charge is 0.435 e. The molecule has 0 spiro atoms. The van der Waals surface area contributed by atoms with E-state index < -0.39 is 22.4 Å². The zero-order valence-corrected chi connectivity index (χ0v) is 18.5. The molecule has 0 saturated heterocycles. The van der Waals surface area contributed by atoms with E-state index in [1.54, 1.807) is 48.5 Å². The number of hydrogen-bond acceptors (Lipinski definition) is 4. The third-order valence-corrected chi connectivity index (χ3v) is 7.30. The molecule has 172 valence electrons. The van der Waals surface area contributed by atoms with Gasteiger partial charge in [0.2, 0.25) is 0 Å². The van der Waals surface area contributed by atoms with Crippen LogP contribution >= 0.6 is 0 Å². The second-order valence-electron chi connectivity index (χ2n) is 7.93. The number of rotatable bonds is 7. The van der Waals surface area contributed by atoms with Crippen molar-refractivity contribution in [2.45, 2.75) is 42.6 Å². The molecule has 3 aromatic carbocycles. The number of benzene rings is 3. The average Bonchev–Trinajstić information content (AvgIpc) is 2.79. The third kappa shape index (κ3) is 5.57. The van der Waals surface area contributed by atoms with Crippen molar-refractivity contribution < 1.29 is 26.7 Å². The van der Waals surface area contributed by atoms with E-state index in [4.69, 9.17) is 0 Å². The molecule has 8 heteroatoms. The number of amides is 1. The highest BCUT2D eigenvalue weighted by Gasteiger charge is 2.24. The summed E-state index contributed by atoms with van der Waals surface area (Å²) >= 11 is 0. The molecule has 1 atom stereocenters. The maximum atomic E-state index is 12.9. The number of carbonyl (C=O) groups is 1. The van der Waals surface area contributed by atoms with E-state index in [1.807, 2.05) is 6.07 Å². The predicted molar refractivity (Wildman–Crippen MR) is 120 cm³/mol. The van der Waals surface area contributed by atoms with Crippen LogP contribution in [0.4, 0.5) is 8.78 Å². The number of fused-ring (bicyclic) bond motifs is 1. The number of nitrogens with one attached hydrogen (secondary N) is 1. The van der Waals surface area contributed by atoms with Gasteiger partial charge in [-0.2, -0.15) is 8.78 Å². The number of carbonyl (C=O) groups excluding carboxylic acids is 1. The van der Waals surface area contributed by atoms with Crippen LogP contribution in [-0.4, -0.2) is 20.9 Å². The van der Waals surface area contributed by atoms with Crippen molar-refractivity contribution in [2.24, 2.45) is 0 Å². The number of sulfone groups is 1. The molecule has 0 heterocycles. The molecule has 0 bridgehead atoms. The second-order valence-corrected chi connectivity index (χ2v) is 9.92. The van der Waals surface area contributed by atoms with Crippen LogP contribution in [0.25, 0.3) is 0 Å². The molecule has 3 aromatic rings. The lowest BCUT2D eigenvalue weighted by atomic mass is 9.87. The van der Waals surface area contributed by atoms with E-state index in [2.05, 4.69) is 10.1 Å². The van der Waals surface area contributed by atoms with Gasteiger partial charge in [-0.25, -0.2) is 8.42 Å². The van der Waals surface area contributed by atoms with Gasteiger partial charge in [-0.15, -0.1) is 0 Å². The molecular weight excluding hydrogens is 448 g/mol. The van der Waals surface area contributed by atoms with Crippen LogP contribution in [-0.2, 0) is 22.0 Å². The number of aryl methyl sites for hydroxylation is 1. The molecule has 1 aliphatic rings. The standard InChI is InChI=1S/C25H23F2NO4S/c26-25(27)32-20-12-13-22-18(14-20)8-5-11-23(22)28-24(29)19-9-4-10-21(15-19)33(30,31)16-17-6-2-1-3-7-17/h1-4,6-7,9-10,12-15,23,25H,5,8,11,16H2,(H,28,29). The molecule has 0 radical (unpaired) electrons. The van der Waals surface area contributed by atoms with Crippen molar-refractivity contribution in [1.29, 1.82) is 0 Å². The molecule has 1 amide bonds. The fourth-order valence-corrected chi connectivity index (χ4v) is 5.46. The second kappa shape index (κ2) is 9.70. The van der Waals surface area contributed by atoms with Crippen molar-refractivity contribution in [1.82, 2.24) is 5.32 Å². The van der Waals surface area contributed by atoms with Crippen LogP contribution in [0.1, 0.15) is 45.9 Å². The summed E-state index contributed by atoms with van der Waals surface area (Å²) in [6.45, 7) is -2.90. The molecule has 0 aliphatic heterocycles. The Labute approximate surface area is 191 Å². The van der Waals surface area contributed by atoms with Gasteiger partial charge in [-0.1, -0.05) is 42.5 Å². The minimum atomic E-state index is -3.62. The summed E-state index contributed by atoms with van der Waals surface area (Å²) in [6, 6.07) is 19.3. The molecule has 33 heavy (non-hydrogen) atoms. The lowest BCUT2D eigenvalue weighted by Gasteiger charge is -2.27. The SMILES string of the molecule is O=C(NC1CCCc2cc(OC(F)F)ccc21)c1cccc(S(=O)(=O)Cc2ccccc2)c1. The summed E-state index contributed by atoms with van der Waals surface area (Å²) in [5, 5.41) is 2.96. The fourth-order valence-electron chi connectivity index (χ4n) is 4.07. The summed E-state index contributed by atoms with van der Waals surface area (Å²) < 4.78 is 55.2. The van der Waals surface area contributed by atoms with E-state index in [1.165, 1.54) is 18.2 Å². The van der Waals surface area contributed by atoms with Crippen LogP contribution < -0.4 is 10.1 Å². The van der Waals surface area contributed by atoms with Crippen molar-refractivity contribution in [2.75, 3.05) is 0 Å². The van der Waals surface area contributed by atoms with Gasteiger partial charge in [0.15, 0.2) is 9.84 Å². The Morgan fingerprint density at radius 1 is 1.03 bits per heavy atom.